The molecule has 0 aliphatic carbocycles. The second-order valence-corrected chi connectivity index (χ2v) is 10.2. The number of hydrogen-bond acceptors (Lipinski definition) is 7. The Labute approximate surface area is 222 Å². The van der Waals surface area contributed by atoms with Crippen LogP contribution in [0.5, 0.6) is 11.5 Å². The molecular formula is C28H25N5O4S. The zero-order valence-corrected chi connectivity index (χ0v) is 21.8. The van der Waals surface area contributed by atoms with Gasteiger partial charge in [0, 0.05) is 25.2 Å². The highest BCUT2D eigenvalue weighted by Gasteiger charge is 2.69. The number of carbonyl (C=O) groups is 1. The second kappa shape index (κ2) is 8.49. The van der Waals surface area contributed by atoms with Gasteiger partial charge in [-0.25, -0.2) is 9.79 Å². The van der Waals surface area contributed by atoms with Gasteiger partial charge in [0.25, 0.3) is 5.56 Å². The molecule has 192 valence electrons. The SMILES string of the molecule is COc1cc(/C=c2\sc3n(c2=O)NC2(c4ccccc4)N(C)C(=O)N(C)C2(c2ccccc2)N=3)ccc1O. The average molecular weight is 528 g/mol. The third kappa shape index (κ3) is 3.07. The van der Waals surface area contributed by atoms with Crippen LogP contribution in [0.25, 0.3) is 6.08 Å². The minimum atomic E-state index is -1.22. The van der Waals surface area contributed by atoms with Crippen molar-refractivity contribution in [2.24, 2.45) is 4.99 Å². The van der Waals surface area contributed by atoms with E-state index in [-0.39, 0.29) is 17.3 Å². The number of benzene rings is 3. The van der Waals surface area contributed by atoms with E-state index in [0.717, 1.165) is 11.1 Å². The summed E-state index contributed by atoms with van der Waals surface area (Å²) in [6.45, 7) is 0. The number of carbonyl (C=O) groups excluding carboxylic acids is 1. The highest BCUT2D eigenvalue weighted by molar-refractivity contribution is 7.07. The van der Waals surface area contributed by atoms with Gasteiger partial charge in [0.1, 0.15) is 0 Å². The summed E-state index contributed by atoms with van der Waals surface area (Å²) in [5.41, 5.74) is 2.99. The van der Waals surface area contributed by atoms with Crippen molar-refractivity contribution in [3.05, 3.63) is 115 Å². The normalized spacial score (nSPS) is 22.5. The number of thiazole rings is 1. The van der Waals surface area contributed by atoms with Crippen LogP contribution in [0.1, 0.15) is 16.7 Å². The first-order valence-electron chi connectivity index (χ1n) is 11.9. The third-order valence-electron chi connectivity index (χ3n) is 7.27. The van der Waals surface area contributed by atoms with E-state index in [1.54, 1.807) is 42.1 Å². The van der Waals surface area contributed by atoms with E-state index >= 15 is 0 Å². The molecule has 2 N–H and O–H groups in total. The van der Waals surface area contributed by atoms with Gasteiger partial charge in [0.2, 0.25) is 16.1 Å². The molecule has 1 saturated heterocycles. The van der Waals surface area contributed by atoms with E-state index < -0.39 is 11.3 Å². The summed E-state index contributed by atoms with van der Waals surface area (Å²) >= 11 is 1.22. The molecule has 0 saturated carbocycles. The molecule has 0 spiro atoms. The van der Waals surface area contributed by atoms with Gasteiger partial charge in [-0.2, -0.15) is 4.68 Å². The topological polar surface area (TPSA) is 99.4 Å². The molecule has 38 heavy (non-hydrogen) atoms. The number of aromatic hydroxyl groups is 1. The van der Waals surface area contributed by atoms with Gasteiger partial charge in [0.05, 0.1) is 11.6 Å². The molecular weight excluding hydrogens is 502 g/mol. The first-order valence-corrected chi connectivity index (χ1v) is 12.8. The van der Waals surface area contributed by atoms with E-state index in [2.05, 4.69) is 5.43 Å². The van der Waals surface area contributed by atoms with Crippen molar-refractivity contribution in [1.82, 2.24) is 14.5 Å². The van der Waals surface area contributed by atoms with Gasteiger partial charge < -0.3 is 9.84 Å². The van der Waals surface area contributed by atoms with Crippen LogP contribution in [0.2, 0.25) is 0 Å². The fourth-order valence-electron chi connectivity index (χ4n) is 5.45. The Kier molecular flexibility index (Phi) is 5.32. The lowest BCUT2D eigenvalue weighted by molar-refractivity contribution is 0.0648. The van der Waals surface area contributed by atoms with Gasteiger partial charge in [-0.3, -0.25) is 20.0 Å². The average Bonchev–Trinajstić information content (AvgIpc) is 3.33. The van der Waals surface area contributed by atoms with Gasteiger partial charge in [-0.15, -0.1) is 0 Å². The van der Waals surface area contributed by atoms with Gasteiger partial charge in [-0.1, -0.05) is 78.1 Å². The Morgan fingerprint density at radius 1 is 0.947 bits per heavy atom. The highest BCUT2D eigenvalue weighted by atomic mass is 32.1. The van der Waals surface area contributed by atoms with Crippen LogP contribution in [0, 0.1) is 0 Å². The van der Waals surface area contributed by atoms with Crippen molar-refractivity contribution >= 4 is 23.4 Å². The second-order valence-electron chi connectivity index (χ2n) is 9.20. The number of methoxy groups -OCH3 is 1. The molecule has 0 radical (unpaired) electrons. The molecule has 2 amide bonds. The van der Waals surface area contributed by atoms with Crippen LogP contribution in [0.4, 0.5) is 4.79 Å². The number of nitrogens with one attached hydrogen (secondary N) is 1. The van der Waals surface area contributed by atoms with Gasteiger partial charge >= 0.3 is 6.03 Å². The number of hydrogen-bond donors (Lipinski definition) is 2. The molecule has 1 aromatic heterocycles. The number of ether oxygens (including phenoxy) is 1. The minimum Gasteiger partial charge on any atom is -0.504 e. The molecule has 2 unspecified atom stereocenters. The number of aromatic nitrogens is 1. The molecule has 3 heterocycles. The van der Waals surface area contributed by atoms with E-state index in [1.807, 2.05) is 60.7 Å². The largest absolute Gasteiger partial charge is 0.504 e. The van der Waals surface area contributed by atoms with Crippen molar-refractivity contribution < 1.29 is 14.6 Å². The number of phenols is 1. The summed E-state index contributed by atoms with van der Waals surface area (Å²) in [5.74, 6) is 0.326. The zero-order chi connectivity index (χ0) is 26.7. The number of urea groups is 1. The lowest BCUT2D eigenvalue weighted by Gasteiger charge is -2.49. The predicted molar refractivity (Wildman–Crippen MR) is 144 cm³/mol. The fraction of sp³-hybridized carbons (Fsp3) is 0.179. The van der Waals surface area contributed by atoms with Crippen LogP contribution in [0.3, 0.4) is 0 Å². The zero-order valence-electron chi connectivity index (χ0n) is 21.0. The maximum atomic E-state index is 13.7. The van der Waals surface area contributed by atoms with Crippen LogP contribution < -0.4 is 25.1 Å². The molecule has 6 rings (SSSR count). The Hall–Kier alpha value is -4.57. The number of fused-ring (bicyclic) bond motifs is 2. The minimum absolute atomic E-state index is 0.0154. The summed E-state index contributed by atoms with van der Waals surface area (Å²) < 4.78 is 7.08. The van der Waals surface area contributed by atoms with Gasteiger partial charge in [0.15, 0.2) is 11.5 Å². The van der Waals surface area contributed by atoms with Crippen molar-refractivity contribution in [2.45, 2.75) is 11.3 Å². The summed E-state index contributed by atoms with van der Waals surface area (Å²) in [6.07, 6.45) is 1.73. The highest BCUT2D eigenvalue weighted by Crippen LogP contribution is 2.53. The maximum Gasteiger partial charge on any atom is 0.324 e. The fourth-order valence-corrected chi connectivity index (χ4v) is 6.42. The van der Waals surface area contributed by atoms with Crippen LogP contribution in [-0.2, 0) is 11.3 Å². The molecule has 1 fully saturated rings. The van der Waals surface area contributed by atoms with E-state index in [0.29, 0.717) is 20.6 Å². The maximum absolute atomic E-state index is 13.7. The molecule has 2 atom stereocenters. The quantitative estimate of drug-likeness (QED) is 0.425. The molecule has 2 aliphatic heterocycles. The number of nitrogens with zero attached hydrogens (tertiary/aromatic N) is 4. The van der Waals surface area contributed by atoms with E-state index in [4.69, 9.17) is 9.73 Å². The van der Waals surface area contributed by atoms with Crippen molar-refractivity contribution in [3.8, 4) is 11.5 Å². The van der Waals surface area contributed by atoms with Crippen LogP contribution in [0.15, 0.2) is 88.6 Å². The first kappa shape index (κ1) is 23.8. The molecule has 9 nitrogen and oxygen atoms in total. The monoisotopic (exact) mass is 527 g/mol. The lowest BCUT2D eigenvalue weighted by Crippen LogP contribution is -2.67. The predicted octanol–water partition coefficient (Wildman–Crippen LogP) is 2.33. The summed E-state index contributed by atoms with van der Waals surface area (Å²) in [5, 5.41) is 9.96. The summed E-state index contributed by atoms with van der Waals surface area (Å²) in [6, 6.07) is 23.9. The summed E-state index contributed by atoms with van der Waals surface area (Å²) in [4.78, 5) is 36.2. The molecule has 0 bridgehead atoms. The Morgan fingerprint density at radius 2 is 1.61 bits per heavy atom. The van der Waals surface area contributed by atoms with E-state index in [1.165, 1.54) is 29.2 Å². The Morgan fingerprint density at radius 3 is 2.26 bits per heavy atom. The first-order chi connectivity index (χ1) is 18.3. The van der Waals surface area contributed by atoms with Gasteiger partial charge in [-0.05, 0) is 23.8 Å². The number of likely N-dealkylation sites (N-methyl/N-ethyl adjacent to an activating group) is 2. The van der Waals surface area contributed by atoms with E-state index in [9.17, 15) is 14.7 Å². The molecule has 4 aromatic rings. The van der Waals surface area contributed by atoms with Crippen molar-refractivity contribution in [1.29, 1.82) is 0 Å². The standard InChI is InChI=1S/C28H25N5O4S/c1-31-26(36)32(2)28(20-12-8-5-9-13-20)27(31,19-10-6-4-7-11-19)29-25-33(30-28)24(35)23(38-25)17-18-14-15-21(34)22(16-18)37-3/h4-17,30,34H,1-3H3/b23-17-. The van der Waals surface area contributed by atoms with Crippen molar-refractivity contribution in [2.75, 3.05) is 26.6 Å². The number of rotatable bonds is 4. The Balaban J connectivity index is 1.67. The molecule has 3 aromatic carbocycles. The lowest BCUT2D eigenvalue weighted by atomic mass is 9.80. The third-order valence-corrected chi connectivity index (χ3v) is 8.24. The molecule has 2 aliphatic rings. The number of phenolic OH excluding ortho intramolecular Hbond substituents is 1. The molecule has 10 heteroatoms. The van der Waals surface area contributed by atoms with Crippen LogP contribution >= 0.6 is 11.3 Å². The van der Waals surface area contributed by atoms with Crippen molar-refractivity contribution in [3.63, 3.8) is 0 Å². The Bertz CT molecular complexity index is 1740. The number of amides is 2. The smallest absolute Gasteiger partial charge is 0.324 e. The van der Waals surface area contributed by atoms with Crippen LogP contribution in [-0.4, -0.2) is 46.8 Å². The summed E-state index contributed by atoms with van der Waals surface area (Å²) in [7, 11) is 4.93.